The fraction of sp³-hybridized carbons (Fsp3) is 1.00. The second-order valence-electron chi connectivity index (χ2n) is 6.26. The molecule has 16 heavy (non-hydrogen) atoms. The average Bonchev–Trinajstić information content (AvgIpc) is 2.10. The van der Waals surface area contributed by atoms with Crippen molar-refractivity contribution >= 4 is 0 Å². The fourth-order valence-corrected chi connectivity index (χ4v) is 1.46. The molecular formula is C14H30O2. The first-order valence-electron chi connectivity index (χ1n) is 6.62. The summed E-state index contributed by atoms with van der Waals surface area (Å²) in [6, 6.07) is 0. The molecule has 0 radical (unpaired) electrons. The van der Waals surface area contributed by atoms with Gasteiger partial charge in [0.2, 0.25) is 0 Å². The van der Waals surface area contributed by atoms with Crippen molar-refractivity contribution in [3.8, 4) is 0 Å². The van der Waals surface area contributed by atoms with Gasteiger partial charge in [-0.05, 0) is 39.0 Å². The van der Waals surface area contributed by atoms with Gasteiger partial charge in [0.05, 0.1) is 12.2 Å². The van der Waals surface area contributed by atoms with Crippen molar-refractivity contribution in [1.29, 1.82) is 0 Å². The average molecular weight is 230 g/mol. The Morgan fingerprint density at radius 2 is 1.50 bits per heavy atom. The lowest BCUT2D eigenvalue weighted by Gasteiger charge is -2.19. The Kier molecular flexibility index (Phi) is 8.04. The summed E-state index contributed by atoms with van der Waals surface area (Å²) >= 11 is 0. The van der Waals surface area contributed by atoms with Gasteiger partial charge in [-0.3, -0.25) is 0 Å². The largest absolute Gasteiger partial charge is 0.236 e. The zero-order valence-corrected chi connectivity index (χ0v) is 12.0. The Hall–Kier alpha value is -0.0800. The maximum atomic E-state index is 5.24. The Balaban J connectivity index is 3.35. The van der Waals surface area contributed by atoms with Gasteiger partial charge in [0, 0.05) is 0 Å². The molecule has 0 rings (SSSR count). The lowest BCUT2D eigenvalue weighted by molar-refractivity contribution is -0.353. The SMILES string of the molecule is CC(C)CCCCC(C)COOC(C)(C)C. The normalized spacial score (nSPS) is 14.4. The van der Waals surface area contributed by atoms with Gasteiger partial charge in [-0.25, -0.2) is 9.78 Å². The van der Waals surface area contributed by atoms with Crippen molar-refractivity contribution in [2.24, 2.45) is 11.8 Å². The Bertz CT molecular complexity index is 159. The van der Waals surface area contributed by atoms with E-state index < -0.39 is 0 Å². The van der Waals surface area contributed by atoms with Gasteiger partial charge in [0.15, 0.2) is 0 Å². The molecule has 0 aliphatic carbocycles. The van der Waals surface area contributed by atoms with Crippen molar-refractivity contribution in [2.45, 2.75) is 72.8 Å². The number of rotatable bonds is 8. The van der Waals surface area contributed by atoms with E-state index in [0.29, 0.717) is 12.5 Å². The van der Waals surface area contributed by atoms with Crippen LogP contribution in [0, 0.1) is 11.8 Å². The van der Waals surface area contributed by atoms with Gasteiger partial charge in [0.1, 0.15) is 0 Å². The molecule has 0 spiro atoms. The molecular weight excluding hydrogens is 200 g/mol. The van der Waals surface area contributed by atoms with Gasteiger partial charge >= 0.3 is 0 Å². The third-order valence-corrected chi connectivity index (χ3v) is 2.39. The number of hydrogen-bond donors (Lipinski definition) is 0. The molecule has 0 aromatic carbocycles. The highest BCUT2D eigenvalue weighted by atomic mass is 17.2. The van der Waals surface area contributed by atoms with Crippen LogP contribution in [0.2, 0.25) is 0 Å². The molecule has 0 aromatic heterocycles. The van der Waals surface area contributed by atoms with Crippen LogP contribution < -0.4 is 0 Å². The van der Waals surface area contributed by atoms with Crippen molar-refractivity contribution in [3.05, 3.63) is 0 Å². The fourth-order valence-electron chi connectivity index (χ4n) is 1.46. The lowest BCUT2D eigenvalue weighted by Crippen LogP contribution is -2.21. The summed E-state index contributed by atoms with van der Waals surface area (Å²) in [5.41, 5.74) is -0.197. The van der Waals surface area contributed by atoms with Gasteiger partial charge in [-0.1, -0.05) is 40.0 Å². The maximum Gasteiger partial charge on any atom is 0.0952 e. The first-order valence-corrected chi connectivity index (χ1v) is 6.62. The Morgan fingerprint density at radius 1 is 0.938 bits per heavy atom. The molecule has 0 N–H and O–H groups in total. The predicted molar refractivity (Wildman–Crippen MR) is 69.3 cm³/mol. The van der Waals surface area contributed by atoms with Crippen LogP contribution >= 0.6 is 0 Å². The van der Waals surface area contributed by atoms with Crippen LogP contribution in [-0.2, 0) is 9.78 Å². The van der Waals surface area contributed by atoms with E-state index in [4.69, 9.17) is 9.78 Å². The minimum Gasteiger partial charge on any atom is -0.236 e. The van der Waals surface area contributed by atoms with E-state index in [1.807, 2.05) is 20.8 Å². The van der Waals surface area contributed by atoms with Gasteiger partial charge in [-0.2, -0.15) is 0 Å². The molecule has 98 valence electrons. The summed E-state index contributed by atoms with van der Waals surface area (Å²) in [5.74, 6) is 1.42. The van der Waals surface area contributed by atoms with Crippen LogP contribution in [0.5, 0.6) is 0 Å². The number of hydrogen-bond acceptors (Lipinski definition) is 2. The Morgan fingerprint density at radius 3 is 2.00 bits per heavy atom. The van der Waals surface area contributed by atoms with Crippen molar-refractivity contribution in [3.63, 3.8) is 0 Å². The van der Waals surface area contributed by atoms with Crippen LogP contribution in [0.1, 0.15) is 67.2 Å². The third kappa shape index (κ3) is 12.0. The highest BCUT2D eigenvalue weighted by molar-refractivity contribution is 4.56. The van der Waals surface area contributed by atoms with Crippen LogP contribution in [0.3, 0.4) is 0 Å². The summed E-state index contributed by atoms with van der Waals surface area (Å²) in [6.45, 7) is 13.5. The van der Waals surface area contributed by atoms with Crippen LogP contribution in [0.25, 0.3) is 0 Å². The topological polar surface area (TPSA) is 18.5 Å². The van der Waals surface area contributed by atoms with E-state index in [2.05, 4.69) is 20.8 Å². The Labute approximate surface area is 102 Å². The predicted octanol–water partition coefficient (Wildman–Crippen LogP) is 4.59. The third-order valence-electron chi connectivity index (χ3n) is 2.39. The summed E-state index contributed by atoms with van der Waals surface area (Å²) in [6.07, 6.45) is 5.21. The van der Waals surface area contributed by atoms with E-state index in [9.17, 15) is 0 Å². The second-order valence-corrected chi connectivity index (χ2v) is 6.26. The molecule has 0 bridgehead atoms. The van der Waals surface area contributed by atoms with Crippen molar-refractivity contribution in [1.82, 2.24) is 0 Å². The van der Waals surface area contributed by atoms with Crippen LogP contribution in [-0.4, -0.2) is 12.2 Å². The zero-order chi connectivity index (χ0) is 12.6. The smallest absolute Gasteiger partial charge is 0.0952 e. The highest BCUT2D eigenvalue weighted by Gasteiger charge is 2.12. The molecule has 0 saturated heterocycles. The maximum absolute atomic E-state index is 5.24. The summed E-state index contributed by atoms with van der Waals surface area (Å²) < 4.78 is 0. The van der Waals surface area contributed by atoms with E-state index in [0.717, 1.165) is 5.92 Å². The number of unbranched alkanes of at least 4 members (excludes halogenated alkanes) is 1. The molecule has 0 amide bonds. The summed E-state index contributed by atoms with van der Waals surface area (Å²) in [7, 11) is 0. The quantitative estimate of drug-likeness (QED) is 0.345. The standard InChI is InChI=1S/C14H30O2/c1-12(2)9-7-8-10-13(3)11-15-16-14(4,5)6/h12-13H,7-11H2,1-6H3. The second kappa shape index (κ2) is 8.08. The van der Waals surface area contributed by atoms with E-state index >= 15 is 0 Å². The first-order chi connectivity index (χ1) is 7.31. The molecule has 0 aliphatic heterocycles. The zero-order valence-electron chi connectivity index (χ0n) is 12.0. The first kappa shape index (κ1) is 15.9. The van der Waals surface area contributed by atoms with Crippen LogP contribution in [0.15, 0.2) is 0 Å². The van der Waals surface area contributed by atoms with Crippen molar-refractivity contribution < 1.29 is 9.78 Å². The van der Waals surface area contributed by atoms with E-state index in [1.165, 1.54) is 25.7 Å². The molecule has 1 atom stereocenters. The minimum absolute atomic E-state index is 0.197. The summed E-state index contributed by atoms with van der Waals surface area (Å²) in [4.78, 5) is 10.5. The van der Waals surface area contributed by atoms with Crippen LogP contribution in [0.4, 0.5) is 0 Å². The molecule has 2 nitrogen and oxygen atoms in total. The highest BCUT2D eigenvalue weighted by Crippen LogP contribution is 2.14. The molecule has 0 saturated carbocycles. The van der Waals surface area contributed by atoms with Crippen molar-refractivity contribution in [2.75, 3.05) is 6.61 Å². The summed E-state index contributed by atoms with van der Waals surface area (Å²) in [5, 5.41) is 0. The molecule has 0 aliphatic rings. The lowest BCUT2D eigenvalue weighted by atomic mass is 10.0. The molecule has 1 unspecified atom stereocenters. The molecule has 0 heterocycles. The monoisotopic (exact) mass is 230 g/mol. The minimum atomic E-state index is -0.197. The van der Waals surface area contributed by atoms with Gasteiger partial charge < -0.3 is 0 Å². The van der Waals surface area contributed by atoms with Gasteiger partial charge in [-0.15, -0.1) is 0 Å². The van der Waals surface area contributed by atoms with E-state index in [-0.39, 0.29) is 5.60 Å². The molecule has 2 heteroatoms. The molecule has 0 fully saturated rings. The van der Waals surface area contributed by atoms with E-state index in [1.54, 1.807) is 0 Å². The van der Waals surface area contributed by atoms with Gasteiger partial charge in [0.25, 0.3) is 0 Å². The molecule has 0 aromatic rings.